The number of anilines is 1. The minimum absolute atomic E-state index is 0. The van der Waals surface area contributed by atoms with Crippen LogP contribution in [0, 0.1) is 19.8 Å². The average molecular weight is 376 g/mol. The molecule has 1 amide bonds. The SMILES string of the molecule is Cc1cc(S(N)(=O)=O)cc(NC(=O)CC2CCCCC2N)c1C.Cl. The van der Waals surface area contributed by atoms with Crippen molar-refractivity contribution in [1.29, 1.82) is 0 Å². The van der Waals surface area contributed by atoms with Gasteiger partial charge in [-0.15, -0.1) is 12.4 Å². The molecule has 2 atom stereocenters. The van der Waals surface area contributed by atoms with Gasteiger partial charge in [0.1, 0.15) is 0 Å². The summed E-state index contributed by atoms with van der Waals surface area (Å²) in [5.74, 6) is 0.0491. The van der Waals surface area contributed by atoms with Crippen LogP contribution in [0.15, 0.2) is 17.0 Å². The van der Waals surface area contributed by atoms with Crippen molar-refractivity contribution < 1.29 is 13.2 Å². The minimum atomic E-state index is -3.81. The molecule has 1 fully saturated rings. The van der Waals surface area contributed by atoms with E-state index in [-0.39, 0.29) is 35.2 Å². The smallest absolute Gasteiger partial charge is 0.238 e. The summed E-state index contributed by atoms with van der Waals surface area (Å²) in [6.07, 6.45) is 4.50. The first kappa shape index (κ1) is 20.9. The average Bonchev–Trinajstić information content (AvgIpc) is 2.45. The molecule has 0 radical (unpaired) electrons. The van der Waals surface area contributed by atoms with E-state index in [1.54, 1.807) is 6.92 Å². The second-order valence-corrected chi connectivity index (χ2v) is 7.98. The maximum absolute atomic E-state index is 12.3. The molecule has 1 aliphatic carbocycles. The van der Waals surface area contributed by atoms with Gasteiger partial charge in [-0.25, -0.2) is 13.6 Å². The standard InChI is InChI=1S/C16H25N3O3S.ClH/c1-10-7-13(23(18,21)22)9-15(11(10)2)19-16(20)8-12-5-3-4-6-14(12)17;/h7,9,12,14H,3-6,8,17H2,1-2H3,(H,19,20)(H2,18,21,22);1H. The van der Waals surface area contributed by atoms with Crippen LogP contribution in [0.25, 0.3) is 0 Å². The van der Waals surface area contributed by atoms with Crippen LogP contribution in [-0.2, 0) is 14.8 Å². The molecule has 0 aromatic heterocycles. The number of amides is 1. The van der Waals surface area contributed by atoms with E-state index < -0.39 is 10.0 Å². The number of carbonyl (C=O) groups excluding carboxylic acids is 1. The van der Waals surface area contributed by atoms with Gasteiger partial charge < -0.3 is 11.1 Å². The molecule has 136 valence electrons. The first-order valence-corrected chi connectivity index (χ1v) is 9.42. The van der Waals surface area contributed by atoms with Crippen LogP contribution in [0.2, 0.25) is 0 Å². The Morgan fingerprint density at radius 1 is 1.25 bits per heavy atom. The summed E-state index contributed by atoms with van der Waals surface area (Å²) in [5, 5.41) is 8.00. The Kier molecular flexibility index (Phi) is 7.22. The Labute approximate surface area is 149 Å². The molecule has 1 saturated carbocycles. The first-order chi connectivity index (χ1) is 10.7. The van der Waals surface area contributed by atoms with Crippen LogP contribution in [-0.4, -0.2) is 20.4 Å². The maximum Gasteiger partial charge on any atom is 0.238 e. The molecule has 6 nitrogen and oxygen atoms in total. The maximum atomic E-state index is 12.3. The van der Waals surface area contributed by atoms with E-state index >= 15 is 0 Å². The highest BCUT2D eigenvalue weighted by molar-refractivity contribution is 7.89. The molecular weight excluding hydrogens is 350 g/mol. The highest BCUT2D eigenvalue weighted by Gasteiger charge is 2.24. The topological polar surface area (TPSA) is 115 Å². The lowest BCUT2D eigenvalue weighted by Gasteiger charge is -2.28. The predicted molar refractivity (Wildman–Crippen MR) is 97.7 cm³/mol. The van der Waals surface area contributed by atoms with Gasteiger partial charge in [0.2, 0.25) is 15.9 Å². The number of hydrogen-bond donors (Lipinski definition) is 3. The highest BCUT2D eigenvalue weighted by atomic mass is 35.5. The fraction of sp³-hybridized carbons (Fsp3) is 0.562. The highest BCUT2D eigenvalue weighted by Crippen LogP contribution is 2.27. The van der Waals surface area contributed by atoms with Gasteiger partial charge >= 0.3 is 0 Å². The number of primary sulfonamides is 1. The van der Waals surface area contributed by atoms with Crippen LogP contribution in [0.5, 0.6) is 0 Å². The van der Waals surface area contributed by atoms with Crippen molar-refractivity contribution >= 4 is 34.0 Å². The summed E-state index contributed by atoms with van der Waals surface area (Å²) >= 11 is 0. The van der Waals surface area contributed by atoms with Crippen molar-refractivity contribution in [3.63, 3.8) is 0 Å². The molecule has 0 spiro atoms. The number of nitrogens with two attached hydrogens (primary N) is 2. The summed E-state index contributed by atoms with van der Waals surface area (Å²) in [6.45, 7) is 3.63. The lowest BCUT2D eigenvalue weighted by Crippen LogP contribution is -2.35. The number of rotatable bonds is 4. The van der Waals surface area contributed by atoms with Gasteiger partial charge in [-0.1, -0.05) is 12.8 Å². The van der Waals surface area contributed by atoms with E-state index in [2.05, 4.69) is 5.32 Å². The fourth-order valence-electron chi connectivity index (χ4n) is 3.05. The Bertz CT molecular complexity index is 707. The summed E-state index contributed by atoms with van der Waals surface area (Å²) in [4.78, 5) is 12.3. The van der Waals surface area contributed by atoms with E-state index in [1.165, 1.54) is 12.1 Å². The molecule has 8 heteroatoms. The molecule has 0 saturated heterocycles. The van der Waals surface area contributed by atoms with Crippen LogP contribution >= 0.6 is 12.4 Å². The third-order valence-corrected chi connectivity index (χ3v) is 5.55. The molecule has 1 aromatic carbocycles. The first-order valence-electron chi connectivity index (χ1n) is 7.88. The Hall–Kier alpha value is -1.15. The molecule has 1 aromatic rings. The number of carbonyl (C=O) groups is 1. The van der Waals surface area contributed by atoms with Gasteiger partial charge in [-0.05, 0) is 55.9 Å². The van der Waals surface area contributed by atoms with Crippen molar-refractivity contribution in [2.24, 2.45) is 16.8 Å². The number of sulfonamides is 1. The van der Waals surface area contributed by atoms with E-state index in [1.807, 2.05) is 6.92 Å². The molecule has 2 unspecified atom stereocenters. The fourth-order valence-corrected chi connectivity index (χ4v) is 3.67. The summed E-state index contributed by atoms with van der Waals surface area (Å²) in [5.41, 5.74) is 8.17. The van der Waals surface area contributed by atoms with Crippen molar-refractivity contribution in [3.05, 3.63) is 23.3 Å². The van der Waals surface area contributed by atoms with Crippen LogP contribution < -0.4 is 16.2 Å². The van der Waals surface area contributed by atoms with Gasteiger partial charge in [0, 0.05) is 18.2 Å². The summed E-state index contributed by atoms with van der Waals surface area (Å²) in [6, 6.07) is 2.99. The second kappa shape index (κ2) is 8.29. The molecule has 0 bridgehead atoms. The number of hydrogen-bond acceptors (Lipinski definition) is 4. The van der Waals surface area contributed by atoms with Crippen molar-refractivity contribution in [3.8, 4) is 0 Å². The molecule has 1 aliphatic rings. The zero-order valence-corrected chi connectivity index (χ0v) is 15.7. The zero-order valence-electron chi connectivity index (χ0n) is 14.0. The molecule has 2 rings (SSSR count). The normalized spacial score (nSPS) is 21.0. The minimum Gasteiger partial charge on any atom is -0.327 e. The molecule has 0 heterocycles. The lowest BCUT2D eigenvalue weighted by molar-refractivity contribution is -0.117. The van der Waals surface area contributed by atoms with Gasteiger partial charge in [0.05, 0.1) is 4.90 Å². The van der Waals surface area contributed by atoms with E-state index in [0.717, 1.165) is 36.8 Å². The molecule has 0 aliphatic heterocycles. The Morgan fingerprint density at radius 3 is 2.46 bits per heavy atom. The van der Waals surface area contributed by atoms with Gasteiger partial charge in [-0.2, -0.15) is 0 Å². The van der Waals surface area contributed by atoms with E-state index in [0.29, 0.717) is 12.1 Å². The molecular formula is C16H26ClN3O3S. The third kappa shape index (κ3) is 5.17. The largest absolute Gasteiger partial charge is 0.327 e. The third-order valence-electron chi connectivity index (χ3n) is 4.66. The molecule has 5 N–H and O–H groups in total. The summed E-state index contributed by atoms with van der Waals surface area (Å²) < 4.78 is 23.1. The Balaban J connectivity index is 0.00000288. The number of halogens is 1. The number of benzene rings is 1. The predicted octanol–water partition coefficient (Wildman–Crippen LogP) is 2.22. The quantitative estimate of drug-likeness (QED) is 0.748. The monoisotopic (exact) mass is 375 g/mol. The van der Waals surface area contributed by atoms with Gasteiger partial charge in [0.15, 0.2) is 0 Å². The van der Waals surface area contributed by atoms with Crippen molar-refractivity contribution in [2.45, 2.75) is 56.9 Å². The zero-order chi connectivity index (χ0) is 17.2. The summed E-state index contributed by atoms with van der Waals surface area (Å²) in [7, 11) is -3.81. The van der Waals surface area contributed by atoms with E-state index in [4.69, 9.17) is 10.9 Å². The number of aryl methyl sites for hydroxylation is 1. The number of nitrogens with one attached hydrogen (secondary N) is 1. The molecule has 24 heavy (non-hydrogen) atoms. The van der Waals surface area contributed by atoms with Crippen molar-refractivity contribution in [2.75, 3.05) is 5.32 Å². The van der Waals surface area contributed by atoms with Crippen LogP contribution in [0.4, 0.5) is 5.69 Å². The Morgan fingerprint density at radius 2 is 1.88 bits per heavy atom. The lowest BCUT2D eigenvalue weighted by atomic mass is 9.83. The second-order valence-electron chi connectivity index (χ2n) is 6.42. The van der Waals surface area contributed by atoms with Gasteiger partial charge in [-0.3, -0.25) is 4.79 Å². The van der Waals surface area contributed by atoms with E-state index in [9.17, 15) is 13.2 Å². The van der Waals surface area contributed by atoms with Crippen molar-refractivity contribution in [1.82, 2.24) is 0 Å². The van der Waals surface area contributed by atoms with Gasteiger partial charge in [0.25, 0.3) is 0 Å². The van der Waals surface area contributed by atoms with Crippen LogP contribution in [0.1, 0.15) is 43.2 Å². The van der Waals surface area contributed by atoms with Crippen LogP contribution in [0.3, 0.4) is 0 Å².